The topological polar surface area (TPSA) is 159 Å². The zero-order valence-corrected chi connectivity index (χ0v) is 31.7. The van der Waals surface area contributed by atoms with Crippen LogP contribution in [-0.4, -0.2) is 58.8 Å². The number of alkyl halides is 1. The molecule has 4 rings (SSSR count). The second kappa shape index (κ2) is 22.4. The lowest BCUT2D eigenvalue weighted by Crippen LogP contribution is -2.37. The van der Waals surface area contributed by atoms with Crippen molar-refractivity contribution in [3.05, 3.63) is 94.5 Å². The summed E-state index contributed by atoms with van der Waals surface area (Å²) < 4.78 is 53.4. The SMILES string of the molecule is CCCCCCCCCCCCOP(=O)(OCCC#N)OC[C@H]1S[C@@H](n2ccc(NC(=O)c3ccccc3)nc2=O)[C@@H](F)[C@@H]1OC(=O)c1ccccc1. The predicted molar refractivity (Wildman–Crippen MR) is 201 cm³/mol. The number of anilines is 1. The highest BCUT2D eigenvalue weighted by Crippen LogP contribution is 2.52. The van der Waals surface area contributed by atoms with Crippen LogP contribution in [0.1, 0.15) is 104 Å². The molecule has 0 radical (unpaired) electrons. The number of carbonyl (C=O) groups is 2. The van der Waals surface area contributed by atoms with Gasteiger partial charge < -0.3 is 10.1 Å². The van der Waals surface area contributed by atoms with Crippen molar-refractivity contribution in [3.8, 4) is 6.07 Å². The third kappa shape index (κ3) is 13.5. The monoisotopic (exact) mass is 770 g/mol. The van der Waals surface area contributed by atoms with Gasteiger partial charge in [-0.1, -0.05) is 101 Å². The molecule has 0 bridgehead atoms. The Bertz CT molecular complexity index is 1730. The molecular weight excluding hydrogens is 722 g/mol. The lowest BCUT2D eigenvalue weighted by atomic mass is 10.1. The summed E-state index contributed by atoms with van der Waals surface area (Å²) in [6.07, 6.45) is 8.90. The van der Waals surface area contributed by atoms with Gasteiger partial charge in [-0.15, -0.1) is 11.8 Å². The maximum absolute atomic E-state index is 16.3. The van der Waals surface area contributed by atoms with E-state index in [1.54, 1.807) is 48.5 Å². The quantitative estimate of drug-likeness (QED) is 0.0559. The van der Waals surface area contributed by atoms with Crippen LogP contribution in [0.2, 0.25) is 0 Å². The zero-order valence-electron chi connectivity index (χ0n) is 30.0. The summed E-state index contributed by atoms with van der Waals surface area (Å²) in [5.41, 5.74) is -0.299. The normalized spacial score (nSPS) is 19.3. The Hall–Kier alpha value is -3.86. The van der Waals surface area contributed by atoms with Gasteiger partial charge >= 0.3 is 19.5 Å². The summed E-state index contributed by atoms with van der Waals surface area (Å²) in [6.45, 7) is 1.65. The molecule has 1 aliphatic rings. The van der Waals surface area contributed by atoms with Gasteiger partial charge in [-0.3, -0.25) is 22.9 Å². The number of benzene rings is 2. The lowest BCUT2D eigenvalue weighted by Gasteiger charge is -2.23. The van der Waals surface area contributed by atoms with Crippen molar-refractivity contribution < 1.29 is 36.9 Å². The van der Waals surface area contributed by atoms with E-state index in [-0.39, 0.29) is 31.0 Å². The zero-order chi connectivity index (χ0) is 37.9. The van der Waals surface area contributed by atoms with Crippen molar-refractivity contribution in [2.45, 2.75) is 100 Å². The molecule has 1 aromatic heterocycles. The highest BCUT2D eigenvalue weighted by Gasteiger charge is 2.49. The first-order valence-corrected chi connectivity index (χ1v) is 20.6. The Balaban J connectivity index is 1.42. The Morgan fingerprint density at radius 2 is 1.49 bits per heavy atom. The van der Waals surface area contributed by atoms with Gasteiger partial charge in [0.05, 0.1) is 43.1 Å². The maximum Gasteiger partial charge on any atom is 0.474 e. The van der Waals surface area contributed by atoms with Crippen LogP contribution in [0.25, 0.3) is 0 Å². The van der Waals surface area contributed by atoms with Crippen LogP contribution in [0, 0.1) is 11.3 Å². The molecule has 0 aliphatic carbocycles. The van der Waals surface area contributed by atoms with E-state index < -0.39 is 54.9 Å². The van der Waals surface area contributed by atoms with E-state index in [4.69, 9.17) is 23.6 Å². The van der Waals surface area contributed by atoms with E-state index in [1.165, 1.54) is 62.9 Å². The van der Waals surface area contributed by atoms with E-state index in [1.807, 2.05) is 6.07 Å². The summed E-state index contributed by atoms with van der Waals surface area (Å²) in [5.74, 6) is -1.30. The number of aromatic nitrogens is 2. The number of carbonyl (C=O) groups excluding carboxylic acids is 2. The first-order chi connectivity index (χ1) is 25.7. The van der Waals surface area contributed by atoms with E-state index >= 15 is 4.39 Å². The number of unbranched alkanes of at least 4 members (excludes halogenated alkanes) is 9. The molecule has 5 atom stereocenters. The average Bonchev–Trinajstić information content (AvgIpc) is 3.47. The summed E-state index contributed by atoms with van der Waals surface area (Å²) in [5, 5.41) is 9.39. The van der Waals surface area contributed by atoms with E-state index in [2.05, 4.69) is 17.2 Å². The van der Waals surface area contributed by atoms with E-state index in [0.29, 0.717) is 12.0 Å². The number of thioether (sulfide) groups is 1. The Labute approximate surface area is 314 Å². The molecule has 2 heterocycles. The molecule has 1 N–H and O–H groups in total. The second-order valence-corrected chi connectivity index (χ2v) is 15.6. The molecule has 1 aliphatic heterocycles. The van der Waals surface area contributed by atoms with Gasteiger partial charge in [-0.25, -0.2) is 18.5 Å². The molecule has 3 aromatic rings. The molecule has 1 unspecified atom stereocenters. The Morgan fingerprint density at radius 3 is 2.11 bits per heavy atom. The van der Waals surface area contributed by atoms with Crippen molar-refractivity contribution in [3.63, 3.8) is 0 Å². The number of nitrogens with zero attached hydrogens (tertiary/aromatic N) is 3. The highest BCUT2D eigenvalue weighted by molar-refractivity contribution is 8.00. The van der Waals surface area contributed by atoms with Crippen molar-refractivity contribution in [1.82, 2.24) is 9.55 Å². The number of amides is 1. The second-order valence-electron chi connectivity index (χ2n) is 12.6. The minimum atomic E-state index is -4.21. The van der Waals surface area contributed by atoms with Crippen LogP contribution >= 0.6 is 19.6 Å². The fourth-order valence-corrected chi connectivity index (χ4v) is 8.46. The average molecular weight is 771 g/mol. The Kier molecular flexibility index (Phi) is 17.7. The highest BCUT2D eigenvalue weighted by atomic mass is 32.2. The number of nitrogens with one attached hydrogen (secondary N) is 1. The van der Waals surface area contributed by atoms with Crippen LogP contribution in [0.4, 0.5) is 10.2 Å². The Morgan fingerprint density at radius 1 is 0.887 bits per heavy atom. The number of esters is 1. The predicted octanol–water partition coefficient (Wildman–Crippen LogP) is 8.67. The van der Waals surface area contributed by atoms with Crippen molar-refractivity contribution in [1.29, 1.82) is 5.26 Å². The summed E-state index contributed by atoms with van der Waals surface area (Å²) in [7, 11) is -4.21. The minimum absolute atomic E-state index is 0.0274. The number of rotatable bonds is 23. The molecule has 2 aromatic carbocycles. The van der Waals surface area contributed by atoms with Gasteiger partial charge in [0.25, 0.3) is 5.91 Å². The third-order valence-electron chi connectivity index (χ3n) is 8.51. The van der Waals surface area contributed by atoms with Gasteiger partial charge in [-0.05, 0) is 36.8 Å². The molecule has 53 heavy (non-hydrogen) atoms. The van der Waals surface area contributed by atoms with Crippen LogP contribution in [0.3, 0.4) is 0 Å². The smallest absolute Gasteiger partial charge is 0.454 e. The summed E-state index contributed by atoms with van der Waals surface area (Å²) >= 11 is 0.936. The summed E-state index contributed by atoms with van der Waals surface area (Å²) in [4.78, 5) is 42.8. The van der Waals surface area contributed by atoms with Crippen LogP contribution in [0.5, 0.6) is 0 Å². The number of ether oxygens (including phenoxy) is 1. The number of phosphoric ester groups is 1. The molecule has 15 heteroatoms. The van der Waals surface area contributed by atoms with Gasteiger partial charge in [0.2, 0.25) is 0 Å². The molecular formula is C38H48FN4O8PS. The molecule has 0 saturated carbocycles. The van der Waals surface area contributed by atoms with Crippen LogP contribution in [-0.2, 0) is 22.9 Å². The van der Waals surface area contributed by atoms with Crippen LogP contribution in [0.15, 0.2) is 77.7 Å². The molecule has 1 amide bonds. The number of nitriles is 1. The largest absolute Gasteiger partial charge is 0.474 e. The molecule has 0 spiro atoms. The first-order valence-electron chi connectivity index (χ1n) is 18.2. The van der Waals surface area contributed by atoms with Gasteiger partial charge in [-0.2, -0.15) is 10.2 Å². The number of phosphoric acid groups is 1. The summed E-state index contributed by atoms with van der Waals surface area (Å²) in [6, 6.07) is 19.7. The number of hydrogen-bond acceptors (Lipinski definition) is 11. The van der Waals surface area contributed by atoms with Crippen LogP contribution < -0.4 is 11.0 Å². The molecule has 286 valence electrons. The third-order valence-corrected chi connectivity index (χ3v) is 11.5. The number of hydrogen-bond donors (Lipinski definition) is 1. The standard InChI is InChI=1S/C38H48FN4O8PS/c1-2-3-4-5-6-7-8-9-10-17-26-48-52(47,49-27-18-24-40)50-28-31-34(51-37(45)30-21-15-12-16-22-30)33(39)36(53-31)43-25-23-32(42-38(43)46)41-35(44)29-19-13-11-14-20-29/h11-16,19-23,25,31,33-34,36H,2-10,17-18,26-28H2,1H3,(H,41,42,44,46)/t31-,33+,34-,36-,52?/m1/s1. The fraction of sp³-hybridized carbons (Fsp3) is 0.500. The van der Waals surface area contributed by atoms with Crippen molar-refractivity contribution in [2.75, 3.05) is 25.1 Å². The molecule has 12 nitrogen and oxygen atoms in total. The van der Waals surface area contributed by atoms with E-state index in [0.717, 1.165) is 35.6 Å². The first kappa shape index (κ1) is 41.9. The van der Waals surface area contributed by atoms with Crippen molar-refractivity contribution >= 4 is 37.3 Å². The lowest BCUT2D eigenvalue weighted by molar-refractivity contribution is 0.00106. The minimum Gasteiger partial charge on any atom is -0.454 e. The fourth-order valence-electron chi connectivity index (χ4n) is 5.66. The van der Waals surface area contributed by atoms with Gasteiger partial charge in [0.15, 0.2) is 12.3 Å². The van der Waals surface area contributed by atoms with Gasteiger partial charge in [0.1, 0.15) is 11.2 Å². The van der Waals surface area contributed by atoms with Crippen molar-refractivity contribution in [2.24, 2.45) is 0 Å². The molecule has 1 saturated heterocycles. The number of halogens is 1. The maximum atomic E-state index is 16.3. The molecule has 1 fully saturated rings. The van der Waals surface area contributed by atoms with E-state index in [9.17, 15) is 18.9 Å². The van der Waals surface area contributed by atoms with Gasteiger partial charge in [0, 0.05) is 11.8 Å².